The zero-order valence-electron chi connectivity index (χ0n) is 15.1. The van der Waals surface area contributed by atoms with E-state index in [1.807, 2.05) is 38.1 Å². The third kappa shape index (κ3) is 5.22. The Balaban J connectivity index is 2.19. The minimum atomic E-state index is -0.173. The molecule has 1 amide bonds. The SMILES string of the molecule is CCNCc1ccccc1NC(=O)c1ccc(OCC)c(OCC)c1. The number of ether oxygens (including phenoxy) is 2. The van der Waals surface area contributed by atoms with Crippen LogP contribution in [0.25, 0.3) is 0 Å². The van der Waals surface area contributed by atoms with Crippen LogP contribution in [0.5, 0.6) is 11.5 Å². The van der Waals surface area contributed by atoms with Crippen molar-refractivity contribution < 1.29 is 14.3 Å². The first-order valence-electron chi connectivity index (χ1n) is 8.69. The summed E-state index contributed by atoms with van der Waals surface area (Å²) in [6, 6.07) is 13.0. The Labute approximate surface area is 149 Å². The lowest BCUT2D eigenvalue weighted by Gasteiger charge is -2.14. The summed E-state index contributed by atoms with van der Waals surface area (Å²) >= 11 is 0. The fourth-order valence-corrected chi connectivity index (χ4v) is 2.44. The smallest absolute Gasteiger partial charge is 0.255 e. The quantitative estimate of drug-likeness (QED) is 0.727. The number of anilines is 1. The minimum Gasteiger partial charge on any atom is -0.490 e. The van der Waals surface area contributed by atoms with E-state index in [0.29, 0.717) is 36.8 Å². The second kappa shape index (κ2) is 9.69. The molecule has 0 atom stereocenters. The first-order valence-corrected chi connectivity index (χ1v) is 8.69. The molecular formula is C20H26N2O3. The van der Waals surface area contributed by atoms with Gasteiger partial charge in [0.15, 0.2) is 11.5 Å². The molecule has 25 heavy (non-hydrogen) atoms. The second-order valence-electron chi connectivity index (χ2n) is 5.42. The maximum atomic E-state index is 12.6. The molecule has 0 saturated heterocycles. The van der Waals surface area contributed by atoms with Crippen molar-refractivity contribution in [3.05, 3.63) is 53.6 Å². The summed E-state index contributed by atoms with van der Waals surface area (Å²) in [6.45, 7) is 8.51. The van der Waals surface area contributed by atoms with E-state index >= 15 is 0 Å². The first kappa shape index (κ1) is 18.8. The number of hydrogen-bond donors (Lipinski definition) is 2. The third-order valence-corrected chi connectivity index (χ3v) is 3.64. The summed E-state index contributed by atoms with van der Waals surface area (Å²) in [5, 5.41) is 6.26. The zero-order chi connectivity index (χ0) is 18.1. The fourth-order valence-electron chi connectivity index (χ4n) is 2.44. The van der Waals surface area contributed by atoms with E-state index in [2.05, 4.69) is 17.6 Å². The van der Waals surface area contributed by atoms with Gasteiger partial charge in [-0.2, -0.15) is 0 Å². The predicted molar refractivity (Wildman–Crippen MR) is 101 cm³/mol. The van der Waals surface area contributed by atoms with Gasteiger partial charge in [0.1, 0.15) is 0 Å². The Hall–Kier alpha value is -2.53. The highest BCUT2D eigenvalue weighted by atomic mass is 16.5. The molecule has 0 fully saturated rings. The molecule has 0 heterocycles. The molecule has 2 aromatic carbocycles. The predicted octanol–water partition coefficient (Wildman–Crippen LogP) is 3.85. The molecule has 0 aliphatic rings. The van der Waals surface area contributed by atoms with Gasteiger partial charge >= 0.3 is 0 Å². The van der Waals surface area contributed by atoms with Gasteiger partial charge in [0.25, 0.3) is 5.91 Å². The molecule has 0 radical (unpaired) electrons. The topological polar surface area (TPSA) is 59.6 Å². The maximum Gasteiger partial charge on any atom is 0.255 e. The standard InChI is InChI=1S/C20H26N2O3/c1-4-21-14-16-9-7-8-10-17(16)22-20(23)15-11-12-18(24-5-2)19(13-15)25-6-3/h7-13,21H,4-6,14H2,1-3H3,(H,22,23). The van der Waals surface area contributed by atoms with Crippen molar-refractivity contribution in [3.8, 4) is 11.5 Å². The fraction of sp³-hybridized carbons (Fsp3) is 0.350. The lowest BCUT2D eigenvalue weighted by Crippen LogP contribution is -2.17. The van der Waals surface area contributed by atoms with Gasteiger partial charge in [0.05, 0.1) is 13.2 Å². The lowest BCUT2D eigenvalue weighted by atomic mass is 10.1. The van der Waals surface area contributed by atoms with Gasteiger partial charge in [-0.15, -0.1) is 0 Å². The van der Waals surface area contributed by atoms with Crippen molar-refractivity contribution in [1.29, 1.82) is 0 Å². The van der Waals surface area contributed by atoms with Crippen molar-refractivity contribution in [2.45, 2.75) is 27.3 Å². The molecule has 0 aromatic heterocycles. The van der Waals surface area contributed by atoms with E-state index in [4.69, 9.17) is 9.47 Å². The number of carbonyl (C=O) groups is 1. The number of carbonyl (C=O) groups excluding carboxylic acids is 1. The molecule has 2 N–H and O–H groups in total. The number of benzene rings is 2. The molecular weight excluding hydrogens is 316 g/mol. The van der Waals surface area contributed by atoms with Gasteiger partial charge in [-0.05, 0) is 50.2 Å². The van der Waals surface area contributed by atoms with E-state index < -0.39 is 0 Å². The number of hydrogen-bond acceptors (Lipinski definition) is 4. The van der Waals surface area contributed by atoms with Crippen LogP contribution in [0.3, 0.4) is 0 Å². The normalized spacial score (nSPS) is 10.4. The molecule has 0 saturated carbocycles. The Bertz CT molecular complexity index is 701. The highest BCUT2D eigenvalue weighted by Gasteiger charge is 2.13. The van der Waals surface area contributed by atoms with Crippen LogP contribution in [0.15, 0.2) is 42.5 Å². The van der Waals surface area contributed by atoms with Gasteiger partial charge in [0.2, 0.25) is 0 Å². The molecule has 0 unspecified atom stereocenters. The number of nitrogens with one attached hydrogen (secondary N) is 2. The van der Waals surface area contributed by atoms with Crippen molar-refractivity contribution in [2.24, 2.45) is 0 Å². The largest absolute Gasteiger partial charge is 0.490 e. The molecule has 5 nitrogen and oxygen atoms in total. The van der Waals surface area contributed by atoms with E-state index in [9.17, 15) is 4.79 Å². The monoisotopic (exact) mass is 342 g/mol. The second-order valence-corrected chi connectivity index (χ2v) is 5.42. The molecule has 0 spiro atoms. The maximum absolute atomic E-state index is 12.6. The van der Waals surface area contributed by atoms with Crippen LogP contribution in [-0.2, 0) is 6.54 Å². The number of rotatable bonds is 9. The Morgan fingerprint density at radius 1 is 0.960 bits per heavy atom. The van der Waals surface area contributed by atoms with E-state index in [-0.39, 0.29) is 5.91 Å². The van der Waals surface area contributed by atoms with Crippen LogP contribution in [0.1, 0.15) is 36.7 Å². The van der Waals surface area contributed by atoms with Crippen molar-refractivity contribution in [2.75, 3.05) is 25.1 Å². The third-order valence-electron chi connectivity index (χ3n) is 3.64. The van der Waals surface area contributed by atoms with E-state index in [0.717, 1.165) is 17.8 Å². The van der Waals surface area contributed by atoms with Crippen molar-refractivity contribution in [3.63, 3.8) is 0 Å². The lowest BCUT2D eigenvalue weighted by molar-refractivity contribution is 0.102. The van der Waals surface area contributed by atoms with Gasteiger partial charge in [-0.25, -0.2) is 0 Å². The highest BCUT2D eigenvalue weighted by Crippen LogP contribution is 2.29. The minimum absolute atomic E-state index is 0.173. The van der Waals surface area contributed by atoms with E-state index in [1.165, 1.54) is 0 Å². The summed E-state index contributed by atoms with van der Waals surface area (Å²) in [7, 11) is 0. The van der Waals surface area contributed by atoms with Crippen molar-refractivity contribution in [1.82, 2.24) is 5.32 Å². The van der Waals surface area contributed by atoms with Gasteiger partial charge in [0, 0.05) is 17.8 Å². The van der Waals surface area contributed by atoms with Gasteiger partial charge in [-0.3, -0.25) is 4.79 Å². The summed E-state index contributed by atoms with van der Waals surface area (Å²) in [6.07, 6.45) is 0. The molecule has 0 aliphatic heterocycles. The van der Waals surface area contributed by atoms with Crippen LogP contribution in [0.4, 0.5) is 5.69 Å². The molecule has 0 bridgehead atoms. The summed E-state index contributed by atoms with van der Waals surface area (Å²) in [5.74, 6) is 1.05. The van der Waals surface area contributed by atoms with Crippen LogP contribution < -0.4 is 20.1 Å². The number of para-hydroxylation sites is 1. The Morgan fingerprint density at radius 2 is 1.68 bits per heavy atom. The summed E-state index contributed by atoms with van der Waals surface area (Å²) in [5.41, 5.74) is 2.39. The van der Waals surface area contributed by atoms with Crippen LogP contribution >= 0.6 is 0 Å². The number of amides is 1. The zero-order valence-corrected chi connectivity index (χ0v) is 15.1. The molecule has 2 rings (SSSR count). The van der Waals surface area contributed by atoms with Crippen LogP contribution in [0, 0.1) is 0 Å². The average molecular weight is 342 g/mol. The molecule has 5 heteroatoms. The highest BCUT2D eigenvalue weighted by molar-refractivity contribution is 6.05. The summed E-state index contributed by atoms with van der Waals surface area (Å²) < 4.78 is 11.1. The molecule has 2 aromatic rings. The summed E-state index contributed by atoms with van der Waals surface area (Å²) in [4.78, 5) is 12.6. The Morgan fingerprint density at radius 3 is 2.40 bits per heavy atom. The molecule has 0 aliphatic carbocycles. The van der Waals surface area contributed by atoms with Crippen LogP contribution in [-0.4, -0.2) is 25.7 Å². The van der Waals surface area contributed by atoms with E-state index in [1.54, 1.807) is 18.2 Å². The Kier molecular flexibility index (Phi) is 7.29. The average Bonchev–Trinajstić information content (AvgIpc) is 2.62. The van der Waals surface area contributed by atoms with Crippen molar-refractivity contribution >= 4 is 11.6 Å². The molecule has 134 valence electrons. The van der Waals surface area contributed by atoms with Gasteiger partial charge in [-0.1, -0.05) is 25.1 Å². The first-order chi connectivity index (χ1) is 12.2. The van der Waals surface area contributed by atoms with Crippen LogP contribution in [0.2, 0.25) is 0 Å². The van der Waals surface area contributed by atoms with Gasteiger partial charge < -0.3 is 20.1 Å².